The Hall–Kier alpha value is -1.87. The highest BCUT2D eigenvalue weighted by molar-refractivity contribution is 5.71. The molecule has 1 aromatic rings. The molecule has 0 amide bonds. The van der Waals surface area contributed by atoms with Crippen LogP contribution in [-0.2, 0) is 6.54 Å². The van der Waals surface area contributed by atoms with Gasteiger partial charge in [0.15, 0.2) is 6.29 Å². The fourth-order valence-electron chi connectivity index (χ4n) is 0.756. The SMILES string of the molecule is [N-]=[N+]=NCc1cccc(C=O)n1. The molecule has 0 fully saturated rings. The molecule has 0 spiro atoms. The topological polar surface area (TPSA) is 78.7 Å². The predicted molar refractivity (Wildman–Crippen MR) is 42.5 cm³/mol. The first kappa shape index (κ1) is 8.23. The lowest BCUT2D eigenvalue weighted by Crippen LogP contribution is -1.91. The summed E-state index contributed by atoms with van der Waals surface area (Å²) in [5, 5.41) is 3.32. The second kappa shape index (κ2) is 4.10. The van der Waals surface area contributed by atoms with E-state index in [0.29, 0.717) is 17.7 Å². The van der Waals surface area contributed by atoms with Gasteiger partial charge in [-0.2, -0.15) is 0 Å². The highest BCUT2D eigenvalue weighted by Gasteiger charge is 1.93. The third-order valence-corrected chi connectivity index (χ3v) is 1.25. The van der Waals surface area contributed by atoms with Crippen LogP contribution >= 0.6 is 0 Å². The molecule has 1 aromatic heterocycles. The molecular weight excluding hydrogens is 156 g/mol. The van der Waals surface area contributed by atoms with Crippen LogP contribution in [0, 0.1) is 0 Å². The van der Waals surface area contributed by atoms with Crippen LogP contribution in [0.15, 0.2) is 23.3 Å². The van der Waals surface area contributed by atoms with Crippen LogP contribution in [0.25, 0.3) is 10.4 Å². The maximum absolute atomic E-state index is 10.3. The van der Waals surface area contributed by atoms with Gasteiger partial charge in [0.1, 0.15) is 5.69 Å². The van der Waals surface area contributed by atoms with Crippen molar-refractivity contribution in [1.82, 2.24) is 4.98 Å². The van der Waals surface area contributed by atoms with E-state index in [1.165, 1.54) is 0 Å². The molecule has 0 aliphatic rings. The minimum Gasteiger partial charge on any atom is -0.296 e. The third kappa shape index (κ3) is 2.07. The second-order valence-electron chi connectivity index (χ2n) is 2.06. The molecule has 0 aromatic carbocycles. The number of azide groups is 1. The Kier molecular flexibility index (Phi) is 2.81. The minimum atomic E-state index is 0.179. The molecule has 1 heterocycles. The average molecular weight is 162 g/mol. The molecule has 1 rings (SSSR count). The Morgan fingerprint density at radius 2 is 2.50 bits per heavy atom. The van der Waals surface area contributed by atoms with Crippen molar-refractivity contribution < 1.29 is 4.79 Å². The fourth-order valence-corrected chi connectivity index (χ4v) is 0.756. The number of pyridine rings is 1. The largest absolute Gasteiger partial charge is 0.296 e. The summed E-state index contributed by atoms with van der Waals surface area (Å²) < 4.78 is 0. The van der Waals surface area contributed by atoms with Crippen molar-refractivity contribution in [1.29, 1.82) is 0 Å². The van der Waals surface area contributed by atoms with E-state index in [1.807, 2.05) is 0 Å². The lowest BCUT2D eigenvalue weighted by molar-refractivity contribution is 0.111. The van der Waals surface area contributed by atoms with Crippen LogP contribution in [0.2, 0.25) is 0 Å². The number of hydrogen-bond donors (Lipinski definition) is 0. The summed E-state index contributed by atoms with van der Waals surface area (Å²) in [5.41, 5.74) is 8.96. The average Bonchev–Trinajstić information content (AvgIpc) is 2.15. The van der Waals surface area contributed by atoms with Crippen LogP contribution in [0.1, 0.15) is 16.2 Å². The zero-order valence-corrected chi connectivity index (χ0v) is 6.21. The number of carbonyl (C=O) groups excluding carboxylic acids is 1. The summed E-state index contributed by atoms with van der Waals surface area (Å²) in [7, 11) is 0. The van der Waals surface area contributed by atoms with Gasteiger partial charge in [-0.1, -0.05) is 11.2 Å². The number of nitrogens with zero attached hydrogens (tertiary/aromatic N) is 4. The van der Waals surface area contributed by atoms with Gasteiger partial charge in [-0.05, 0) is 17.7 Å². The standard InChI is InChI=1S/C7H6N4O/c8-11-9-4-6-2-1-3-7(5-12)10-6/h1-3,5H,4H2. The Morgan fingerprint density at radius 3 is 3.17 bits per heavy atom. The molecule has 12 heavy (non-hydrogen) atoms. The summed E-state index contributed by atoms with van der Waals surface area (Å²) in [6, 6.07) is 4.98. The van der Waals surface area contributed by atoms with Gasteiger partial charge in [0, 0.05) is 10.6 Å². The van der Waals surface area contributed by atoms with Gasteiger partial charge in [-0.3, -0.25) is 4.79 Å². The number of carbonyl (C=O) groups is 1. The van der Waals surface area contributed by atoms with Crippen molar-refractivity contribution in [3.8, 4) is 0 Å². The monoisotopic (exact) mass is 162 g/mol. The van der Waals surface area contributed by atoms with Crippen molar-refractivity contribution >= 4 is 6.29 Å². The Balaban J connectivity index is 2.85. The molecule has 5 nitrogen and oxygen atoms in total. The maximum Gasteiger partial charge on any atom is 0.168 e. The van der Waals surface area contributed by atoms with Gasteiger partial charge in [0.25, 0.3) is 0 Å². The number of rotatable bonds is 3. The Bertz CT molecular complexity index is 330. The van der Waals surface area contributed by atoms with Gasteiger partial charge in [-0.25, -0.2) is 4.98 Å². The molecule has 0 radical (unpaired) electrons. The van der Waals surface area contributed by atoms with Gasteiger partial charge < -0.3 is 0 Å². The van der Waals surface area contributed by atoms with E-state index in [2.05, 4.69) is 15.0 Å². The predicted octanol–water partition coefficient (Wildman–Crippen LogP) is 1.70. The van der Waals surface area contributed by atoms with Crippen molar-refractivity contribution in [2.75, 3.05) is 0 Å². The molecule has 0 bridgehead atoms. The van der Waals surface area contributed by atoms with Crippen molar-refractivity contribution in [2.24, 2.45) is 5.11 Å². The van der Waals surface area contributed by atoms with E-state index in [0.717, 1.165) is 0 Å². The molecule has 0 saturated carbocycles. The Morgan fingerprint density at radius 1 is 1.67 bits per heavy atom. The fraction of sp³-hybridized carbons (Fsp3) is 0.143. The summed E-state index contributed by atoms with van der Waals surface area (Å²) in [6.07, 6.45) is 0.652. The van der Waals surface area contributed by atoms with Crippen molar-refractivity contribution in [3.05, 3.63) is 40.0 Å². The first-order valence-corrected chi connectivity index (χ1v) is 3.29. The lowest BCUT2D eigenvalue weighted by Gasteiger charge is -1.93. The zero-order chi connectivity index (χ0) is 8.81. The van der Waals surface area contributed by atoms with Crippen LogP contribution in [0.5, 0.6) is 0 Å². The van der Waals surface area contributed by atoms with Gasteiger partial charge in [-0.15, -0.1) is 0 Å². The highest BCUT2D eigenvalue weighted by atomic mass is 16.1. The molecule has 60 valence electrons. The first-order chi connectivity index (χ1) is 5.86. The quantitative estimate of drug-likeness (QED) is 0.293. The minimum absolute atomic E-state index is 0.179. The molecule has 0 saturated heterocycles. The van der Waals surface area contributed by atoms with Crippen LogP contribution in [0.4, 0.5) is 0 Å². The van der Waals surface area contributed by atoms with Crippen LogP contribution in [0.3, 0.4) is 0 Å². The number of aldehydes is 1. The molecular formula is C7H6N4O. The van der Waals surface area contributed by atoms with E-state index in [4.69, 9.17) is 5.53 Å². The smallest absolute Gasteiger partial charge is 0.168 e. The van der Waals surface area contributed by atoms with E-state index in [9.17, 15) is 4.79 Å². The summed E-state index contributed by atoms with van der Waals surface area (Å²) in [4.78, 5) is 16.7. The summed E-state index contributed by atoms with van der Waals surface area (Å²) >= 11 is 0. The molecule has 0 aliphatic carbocycles. The summed E-state index contributed by atoms with van der Waals surface area (Å²) in [5.74, 6) is 0. The normalized spacial score (nSPS) is 8.67. The second-order valence-corrected chi connectivity index (χ2v) is 2.06. The zero-order valence-electron chi connectivity index (χ0n) is 6.21. The van der Waals surface area contributed by atoms with E-state index in [1.54, 1.807) is 18.2 Å². The first-order valence-electron chi connectivity index (χ1n) is 3.29. The van der Waals surface area contributed by atoms with Gasteiger partial charge in [0.2, 0.25) is 0 Å². The number of hydrogen-bond acceptors (Lipinski definition) is 3. The van der Waals surface area contributed by atoms with E-state index < -0.39 is 0 Å². The third-order valence-electron chi connectivity index (χ3n) is 1.25. The number of aromatic nitrogens is 1. The molecule has 0 aliphatic heterocycles. The van der Waals surface area contributed by atoms with Crippen molar-refractivity contribution in [3.63, 3.8) is 0 Å². The molecule has 0 unspecified atom stereocenters. The van der Waals surface area contributed by atoms with E-state index in [-0.39, 0.29) is 6.54 Å². The maximum atomic E-state index is 10.3. The molecule has 5 heteroatoms. The van der Waals surface area contributed by atoms with Gasteiger partial charge >= 0.3 is 0 Å². The van der Waals surface area contributed by atoms with Crippen LogP contribution in [-0.4, -0.2) is 11.3 Å². The van der Waals surface area contributed by atoms with Crippen molar-refractivity contribution in [2.45, 2.75) is 6.54 Å². The van der Waals surface area contributed by atoms with E-state index >= 15 is 0 Å². The highest BCUT2D eigenvalue weighted by Crippen LogP contribution is 1.98. The lowest BCUT2D eigenvalue weighted by atomic mass is 10.3. The van der Waals surface area contributed by atoms with Crippen LogP contribution < -0.4 is 0 Å². The van der Waals surface area contributed by atoms with Gasteiger partial charge in [0.05, 0.1) is 6.54 Å². The Labute approximate surface area is 68.7 Å². The summed E-state index contributed by atoms with van der Waals surface area (Å²) in [6.45, 7) is 0.179. The molecule has 0 atom stereocenters. The molecule has 0 N–H and O–H groups in total.